The minimum absolute atomic E-state index is 0.168. The topological polar surface area (TPSA) is 26.3 Å². The molecule has 0 saturated heterocycles. The van der Waals surface area contributed by atoms with Crippen molar-refractivity contribution < 1.29 is 9.53 Å². The Bertz CT molecular complexity index is 245. The molecule has 0 heterocycles. The number of carbonyl (C=O) groups excluding carboxylic acids is 1. The lowest BCUT2D eigenvalue weighted by Gasteiger charge is -2.24. The molecule has 0 aromatic rings. The standard InChI is InChI=1S/C16H28O2/c1-5-9-11-13-14(12-10-6-2)15(7-3)18-16(17)8-4/h7-8,14-15H,3-6,9-13H2,1-2H3. The maximum atomic E-state index is 11.3. The molecule has 0 fully saturated rings. The first-order chi connectivity index (χ1) is 8.69. The highest BCUT2D eigenvalue weighted by Crippen LogP contribution is 2.23. The van der Waals surface area contributed by atoms with Gasteiger partial charge in [0.1, 0.15) is 6.10 Å². The smallest absolute Gasteiger partial charge is 0.330 e. The van der Waals surface area contributed by atoms with Crippen LogP contribution in [0.1, 0.15) is 58.8 Å². The van der Waals surface area contributed by atoms with Crippen LogP contribution in [0.5, 0.6) is 0 Å². The van der Waals surface area contributed by atoms with E-state index in [4.69, 9.17) is 4.74 Å². The summed E-state index contributed by atoms with van der Waals surface area (Å²) in [5, 5.41) is 0. The first kappa shape index (κ1) is 16.9. The van der Waals surface area contributed by atoms with Crippen LogP contribution in [-0.4, -0.2) is 12.1 Å². The van der Waals surface area contributed by atoms with Crippen LogP contribution >= 0.6 is 0 Å². The van der Waals surface area contributed by atoms with E-state index < -0.39 is 0 Å². The van der Waals surface area contributed by atoms with Crippen molar-refractivity contribution >= 4 is 5.97 Å². The van der Waals surface area contributed by atoms with Crippen LogP contribution in [0.2, 0.25) is 0 Å². The lowest BCUT2D eigenvalue weighted by atomic mass is 9.90. The van der Waals surface area contributed by atoms with Crippen LogP contribution in [0.15, 0.2) is 25.3 Å². The number of rotatable bonds is 11. The third-order valence-corrected chi connectivity index (χ3v) is 3.22. The van der Waals surface area contributed by atoms with Gasteiger partial charge in [0.05, 0.1) is 0 Å². The van der Waals surface area contributed by atoms with E-state index in [2.05, 4.69) is 27.0 Å². The Morgan fingerprint density at radius 3 is 2.22 bits per heavy atom. The van der Waals surface area contributed by atoms with Gasteiger partial charge in [0, 0.05) is 6.08 Å². The first-order valence-corrected chi connectivity index (χ1v) is 7.15. The van der Waals surface area contributed by atoms with Crippen molar-refractivity contribution in [2.45, 2.75) is 64.9 Å². The highest BCUT2D eigenvalue weighted by molar-refractivity contribution is 5.81. The monoisotopic (exact) mass is 252 g/mol. The Morgan fingerprint density at radius 2 is 1.72 bits per heavy atom. The fourth-order valence-electron chi connectivity index (χ4n) is 2.11. The largest absolute Gasteiger partial charge is 0.455 e. The van der Waals surface area contributed by atoms with E-state index in [0.29, 0.717) is 5.92 Å². The summed E-state index contributed by atoms with van der Waals surface area (Å²) in [6, 6.07) is 0. The van der Waals surface area contributed by atoms with Crippen molar-refractivity contribution in [3.8, 4) is 0 Å². The van der Waals surface area contributed by atoms with Crippen LogP contribution in [0.4, 0.5) is 0 Å². The molecule has 0 aliphatic carbocycles. The average Bonchev–Trinajstić information content (AvgIpc) is 2.40. The number of esters is 1. The molecule has 104 valence electrons. The normalized spacial score (nSPS) is 13.7. The van der Waals surface area contributed by atoms with Crippen molar-refractivity contribution in [1.29, 1.82) is 0 Å². The molecule has 2 unspecified atom stereocenters. The third-order valence-electron chi connectivity index (χ3n) is 3.22. The fourth-order valence-corrected chi connectivity index (χ4v) is 2.11. The second-order valence-electron chi connectivity index (χ2n) is 4.74. The van der Waals surface area contributed by atoms with E-state index in [1.165, 1.54) is 38.2 Å². The Hall–Kier alpha value is -1.05. The van der Waals surface area contributed by atoms with Gasteiger partial charge >= 0.3 is 5.97 Å². The zero-order valence-corrected chi connectivity index (χ0v) is 12.0. The van der Waals surface area contributed by atoms with Gasteiger partial charge in [0.25, 0.3) is 0 Å². The molecule has 0 aliphatic heterocycles. The molecule has 0 bridgehead atoms. The van der Waals surface area contributed by atoms with Gasteiger partial charge in [0.2, 0.25) is 0 Å². The van der Waals surface area contributed by atoms with Gasteiger partial charge in [-0.15, -0.1) is 0 Å². The summed E-state index contributed by atoms with van der Waals surface area (Å²) in [5.41, 5.74) is 0. The molecular weight excluding hydrogens is 224 g/mol. The van der Waals surface area contributed by atoms with Crippen molar-refractivity contribution in [3.05, 3.63) is 25.3 Å². The Morgan fingerprint density at radius 1 is 1.11 bits per heavy atom. The molecule has 0 N–H and O–H groups in total. The molecule has 0 aromatic carbocycles. The van der Waals surface area contributed by atoms with Crippen LogP contribution in [0.3, 0.4) is 0 Å². The van der Waals surface area contributed by atoms with Crippen molar-refractivity contribution in [2.75, 3.05) is 0 Å². The summed E-state index contributed by atoms with van der Waals surface area (Å²) in [7, 11) is 0. The molecule has 0 aliphatic rings. The van der Waals surface area contributed by atoms with Gasteiger partial charge in [-0.1, -0.05) is 65.2 Å². The molecule has 0 rings (SSSR count). The second-order valence-corrected chi connectivity index (χ2v) is 4.74. The first-order valence-electron chi connectivity index (χ1n) is 7.15. The zero-order chi connectivity index (χ0) is 13.8. The maximum Gasteiger partial charge on any atom is 0.330 e. The minimum Gasteiger partial charge on any atom is -0.455 e. The van der Waals surface area contributed by atoms with E-state index in [1.54, 1.807) is 6.08 Å². The summed E-state index contributed by atoms with van der Waals surface area (Å²) >= 11 is 0. The molecule has 2 atom stereocenters. The number of hydrogen-bond donors (Lipinski definition) is 0. The summed E-state index contributed by atoms with van der Waals surface area (Å²) < 4.78 is 5.36. The van der Waals surface area contributed by atoms with Gasteiger partial charge in [-0.05, 0) is 18.8 Å². The molecule has 18 heavy (non-hydrogen) atoms. The van der Waals surface area contributed by atoms with Crippen LogP contribution in [0, 0.1) is 5.92 Å². The Labute approximate surface area is 112 Å². The van der Waals surface area contributed by atoms with Gasteiger partial charge in [-0.25, -0.2) is 4.79 Å². The number of hydrogen-bond acceptors (Lipinski definition) is 2. The molecular formula is C16H28O2. The van der Waals surface area contributed by atoms with Crippen LogP contribution in [0.25, 0.3) is 0 Å². The van der Waals surface area contributed by atoms with E-state index in [1.807, 2.05) is 0 Å². The summed E-state index contributed by atoms with van der Waals surface area (Å²) in [6.07, 6.45) is 11.0. The van der Waals surface area contributed by atoms with Gasteiger partial charge in [0.15, 0.2) is 0 Å². The lowest BCUT2D eigenvalue weighted by Crippen LogP contribution is -2.24. The zero-order valence-electron chi connectivity index (χ0n) is 12.0. The van der Waals surface area contributed by atoms with Crippen molar-refractivity contribution in [2.24, 2.45) is 5.92 Å². The predicted octanol–water partition coefficient (Wildman–Crippen LogP) is 4.66. The number of unbranched alkanes of at least 4 members (excludes halogenated alkanes) is 3. The lowest BCUT2D eigenvalue weighted by molar-refractivity contribution is -0.143. The Kier molecular flexibility index (Phi) is 10.4. The molecule has 0 aromatic heterocycles. The summed E-state index contributed by atoms with van der Waals surface area (Å²) in [5.74, 6) is 0.0507. The third kappa shape index (κ3) is 7.31. The maximum absolute atomic E-state index is 11.3. The number of carbonyl (C=O) groups is 1. The minimum atomic E-state index is -0.350. The molecule has 0 spiro atoms. The van der Waals surface area contributed by atoms with Crippen molar-refractivity contribution in [3.63, 3.8) is 0 Å². The summed E-state index contributed by atoms with van der Waals surface area (Å²) in [6.45, 7) is 11.6. The second kappa shape index (κ2) is 11.1. The molecule has 0 saturated carbocycles. The van der Waals surface area contributed by atoms with Gasteiger partial charge in [-0.3, -0.25) is 0 Å². The highest BCUT2D eigenvalue weighted by atomic mass is 16.5. The molecule has 0 amide bonds. The molecule has 0 radical (unpaired) electrons. The fraction of sp³-hybridized carbons (Fsp3) is 0.688. The Balaban J connectivity index is 4.39. The molecule has 2 nitrogen and oxygen atoms in total. The average molecular weight is 252 g/mol. The summed E-state index contributed by atoms with van der Waals surface area (Å²) in [4.78, 5) is 11.3. The van der Waals surface area contributed by atoms with Crippen LogP contribution < -0.4 is 0 Å². The predicted molar refractivity (Wildman–Crippen MR) is 77.4 cm³/mol. The van der Waals surface area contributed by atoms with Gasteiger partial charge < -0.3 is 4.74 Å². The number of ether oxygens (including phenoxy) is 1. The highest BCUT2D eigenvalue weighted by Gasteiger charge is 2.20. The van der Waals surface area contributed by atoms with Gasteiger partial charge in [-0.2, -0.15) is 0 Å². The van der Waals surface area contributed by atoms with E-state index in [0.717, 1.165) is 12.8 Å². The van der Waals surface area contributed by atoms with E-state index >= 15 is 0 Å². The van der Waals surface area contributed by atoms with Crippen LogP contribution in [-0.2, 0) is 9.53 Å². The molecule has 2 heteroatoms. The quantitative estimate of drug-likeness (QED) is 0.231. The SMILES string of the molecule is C=CC(=O)OC(C=C)C(CCCC)CCCCC. The van der Waals surface area contributed by atoms with Crippen molar-refractivity contribution in [1.82, 2.24) is 0 Å². The van der Waals surface area contributed by atoms with E-state index in [-0.39, 0.29) is 12.1 Å². The van der Waals surface area contributed by atoms with E-state index in [9.17, 15) is 4.79 Å².